The molecule has 1 aliphatic heterocycles. The molecule has 1 heterocycles. The molecule has 2 aliphatic rings. The van der Waals surface area contributed by atoms with Crippen LogP contribution in [0.3, 0.4) is 0 Å². The zero-order chi connectivity index (χ0) is 14.8. The molecule has 0 aromatic heterocycles. The average molecular weight is 290 g/mol. The number of phenols is 1. The summed E-state index contributed by atoms with van der Waals surface area (Å²) in [6.45, 7) is 5.45. The van der Waals surface area contributed by atoms with Crippen LogP contribution in [-0.2, 0) is 6.54 Å². The molecule has 1 aromatic rings. The minimum absolute atomic E-state index is 0.290. The van der Waals surface area contributed by atoms with Gasteiger partial charge in [0.1, 0.15) is 0 Å². The van der Waals surface area contributed by atoms with E-state index in [0.717, 1.165) is 31.1 Å². The van der Waals surface area contributed by atoms with Crippen LogP contribution in [0, 0.1) is 11.8 Å². The van der Waals surface area contributed by atoms with E-state index in [-0.39, 0.29) is 0 Å². The van der Waals surface area contributed by atoms with Crippen LogP contribution in [-0.4, -0.2) is 35.7 Å². The third kappa shape index (κ3) is 3.01. The van der Waals surface area contributed by atoms with E-state index in [1.165, 1.54) is 19.3 Å². The van der Waals surface area contributed by atoms with E-state index in [2.05, 4.69) is 4.90 Å². The van der Waals surface area contributed by atoms with Crippen LogP contribution in [0.5, 0.6) is 11.5 Å². The quantitative estimate of drug-likeness (QED) is 0.893. The Bertz CT molecular complexity index is 492. The smallest absolute Gasteiger partial charge is 0.162 e. The Hall–Kier alpha value is -1.26. The summed E-state index contributed by atoms with van der Waals surface area (Å²) < 4.78 is 5.46. The van der Waals surface area contributed by atoms with Crippen LogP contribution in [0.2, 0.25) is 0 Å². The second kappa shape index (κ2) is 6.24. The first-order chi connectivity index (χ1) is 10.2. The highest BCUT2D eigenvalue weighted by Crippen LogP contribution is 2.37. The van der Waals surface area contributed by atoms with Gasteiger partial charge in [0, 0.05) is 31.2 Å². The van der Waals surface area contributed by atoms with Gasteiger partial charge in [-0.05, 0) is 37.7 Å². The fraction of sp³-hybridized carbons (Fsp3) is 0.647. The summed E-state index contributed by atoms with van der Waals surface area (Å²) in [7, 11) is 0. The van der Waals surface area contributed by atoms with Crippen LogP contribution in [0.15, 0.2) is 18.2 Å². The lowest BCUT2D eigenvalue weighted by Gasteiger charge is -2.29. The number of rotatable bonds is 4. The van der Waals surface area contributed by atoms with Crippen molar-refractivity contribution in [3.8, 4) is 11.5 Å². The normalized spacial score (nSPS) is 29.3. The molecule has 116 valence electrons. The van der Waals surface area contributed by atoms with Crippen molar-refractivity contribution < 1.29 is 9.84 Å². The second-order valence-corrected chi connectivity index (χ2v) is 6.41. The molecule has 1 aromatic carbocycles. The van der Waals surface area contributed by atoms with Crippen molar-refractivity contribution in [1.82, 2.24) is 4.90 Å². The molecule has 4 heteroatoms. The minimum atomic E-state index is 0.290. The lowest BCUT2D eigenvalue weighted by atomic mass is 9.78. The second-order valence-electron chi connectivity index (χ2n) is 6.41. The number of hydrogen-bond donors (Lipinski definition) is 2. The molecule has 1 saturated carbocycles. The van der Waals surface area contributed by atoms with E-state index in [9.17, 15) is 5.11 Å². The number of phenolic OH excluding ortho intramolecular Hbond substituents is 1. The maximum atomic E-state index is 10.3. The number of hydrogen-bond acceptors (Lipinski definition) is 4. The number of aromatic hydroxyl groups is 1. The van der Waals surface area contributed by atoms with Gasteiger partial charge in [-0.25, -0.2) is 0 Å². The Balaban J connectivity index is 1.69. The van der Waals surface area contributed by atoms with Crippen molar-refractivity contribution in [3.05, 3.63) is 23.8 Å². The maximum Gasteiger partial charge on any atom is 0.162 e. The number of nitrogens with zero attached hydrogens (tertiary/aromatic N) is 1. The molecule has 3 unspecified atom stereocenters. The van der Waals surface area contributed by atoms with Gasteiger partial charge in [-0.1, -0.05) is 18.6 Å². The molecular formula is C17H26N2O2. The number of fused-ring (bicyclic) bond motifs is 1. The van der Waals surface area contributed by atoms with E-state index in [1.54, 1.807) is 0 Å². The van der Waals surface area contributed by atoms with E-state index in [1.807, 2.05) is 25.1 Å². The fourth-order valence-electron chi connectivity index (χ4n) is 3.95. The lowest BCUT2D eigenvalue weighted by Crippen LogP contribution is -2.38. The van der Waals surface area contributed by atoms with E-state index >= 15 is 0 Å². The first kappa shape index (κ1) is 14.7. The van der Waals surface area contributed by atoms with Crippen molar-refractivity contribution in [2.75, 3.05) is 19.7 Å². The highest BCUT2D eigenvalue weighted by Gasteiger charge is 2.38. The first-order valence-electron chi connectivity index (χ1n) is 8.10. The molecule has 1 saturated heterocycles. The number of benzene rings is 1. The predicted molar refractivity (Wildman–Crippen MR) is 83.4 cm³/mol. The molecule has 3 rings (SSSR count). The SMILES string of the molecule is CCOc1cccc(CN2CC3CCCC(N)C3C2)c1O. The van der Waals surface area contributed by atoms with Gasteiger partial charge in [0.05, 0.1) is 6.61 Å². The Kier molecular flexibility index (Phi) is 4.36. The predicted octanol–water partition coefficient (Wildman–Crippen LogP) is 2.35. The highest BCUT2D eigenvalue weighted by molar-refractivity contribution is 5.45. The summed E-state index contributed by atoms with van der Waals surface area (Å²) in [5, 5.41) is 10.3. The largest absolute Gasteiger partial charge is 0.504 e. The van der Waals surface area contributed by atoms with Crippen molar-refractivity contribution in [1.29, 1.82) is 0 Å². The Labute approximate surface area is 126 Å². The zero-order valence-corrected chi connectivity index (χ0v) is 12.8. The fourth-order valence-corrected chi connectivity index (χ4v) is 3.95. The Morgan fingerprint density at radius 2 is 2.19 bits per heavy atom. The van der Waals surface area contributed by atoms with E-state index in [4.69, 9.17) is 10.5 Å². The molecule has 2 fully saturated rings. The molecule has 21 heavy (non-hydrogen) atoms. The van der Waals surface area contributed by atoms with Gasteiger partial charge in [0.25, 0.3) is 0 Å². The summed E-state index contributed by atoms with van der Waals surface area (Å²) in [5.41, 5.74) is 7.23. The molecule has 0 radical (unpaired) electrons. The number of para-hydroxylation sites is 1. The van der Waals surface area contributed by atoms with Gasteiger partial charge in [0.15, 0.2) is 11.5 Å². The van der Waals surface area contributed by atoms with Gasteiger partial charge in [-0.2, -0.15) is 0 Å². The molecule has 0 spiro atoms. The van der Waals surface area contributed by atoms with Gasteiger partial charge < -0.3 is 15.6 Å². The highest BCUT2D eigenvalue weighted by atomic mass is 16.5. The monoisotopic (exact) mass is 290 g/mol. The average Bonchev–Trinajstić information content (AvgIpc) is 2.88. The topological polar surface area (TPSA) is 58.7 Å². The zero-order valence-electron chi connectivity index (χ0n) is 12.8. The van der Waals surface area contributed by atoms with Crippen molar-refractivity contribution in [2.24, 2.45) is 17.6 Å². The molecule has 0 bridgehead atoms. The van der Waals surface area contributed by atoms with E-state index < -0.39 is 0 Å². The summed E-state index contributed by atoms with van der Waals surface area (Å²) in [6, 6.07) is 6.12. The van der Waals surface area contributed by atoms with Crippen molar-refractivity contribution in [3.63, 3.8) is 0 Å². The third-order valence-corrected chi connectivity index (χ3v) is 5.01. The van der Waals surface area contributed by atoms with Crippen LogP contribution in [0.4, 0.5) is 0 Å². The van der Waals surface area contributed by atoms with Crippen LogP contribution in [0.1, 0.15) is 31.7 Å². The van der Waals surface area contributed by atoms with Crippen LogP contribution < -0.4 is 10.5 Å². The van der Waals surface area contributed by atoms with Gasteiger partial charge in [0.2, 0.25) is 0 Å². The summed E-state index contributed by atoms with van der Waals surface area (Å²) in [5.74, 6) is 2.25. The molecular weight excluding hydrogens is 264 g/mol. The van der Waals surface area contributed by atoms with Gasteiger partial charge >= 0.3 is 0 Å². The number of nitrogens with two attached hydrogens (primary N) is 1. The third-order valence-electron chi connectivity index (χ3n) is 5.01. The van der Waals surface area contributed by atoms with E-state index in [0.29, 0.717) is 30.1 Å². The Morgan fingerprint density at radius 3 is 2.95 bits per heavy atom. The van der Waals surface area contributed by atoms with Crippen molar-refractivity contribution in [2.45, 2.75) is 38.8 Å². The molecule has 0 amide bonds. The molecule has 4 nitrogen and oxygen atoms in total. The maximum absolute atomic E-state index is 10.3. The summed E-state index contributed by atoms with van der Waals surface area (Å²) in [6.07, 6.45) is 3.74. The first-order valence-corrected chi connectivity index (χ1v) is 8.10. The number of ether oxygens (including phenoxy) is 1. The molecule has 3 atom stereocenters. The minimum Gasteiger partial charge on any atom is -0.504 e. The van der Waals surface area contributed by atoms with Crippen LogP contribution in [0.25, 0.3) is 0 Å². The van der Waals surface area contributed by atoms with Crippen LogP contribution >= 0.6 is 0 Å². The number of likely N-dealkylation sites (tertiary alicyclic amines) is 1. The lowest BCUT2D eigenvalue weighted by molar-refractivity contribution is 0.259. The standard InChI is InChI=1S/C17H26N2O2/c1-2-21-16-8-4-6-13(17(16)20)10-19-9-12-5-3-7-15(18)14(12)11-19/h4,6,8,12,14-15,20H,2-3,5,7,9-11,18H2,1H3. The molecule has 1 aliphatic carbocycles. The molecule has 3 N–H and O–H groups in total. The summed E-state index contributed by atoms with van der Waals surface area (Å²) >= 11 is 0. The summed E-state index contributed by atoms with van der Waals surface area (Å²) in [4.78, 5) is 2.44. The van der Waals surface area contributed by atoms with Gasteiger partial charge in [-0.3, -0.25) is 4.90 Å². The van der Waals surface area contributed by atoms with Gasteiger partial charge in [-0.15, -0.1) is 0 Å². The van der Waals surface area contributed by atoms with Crippen molar-refractivity contribution >= 4 is 0 Å². The Morgan fingerprint density at radius 1 is 1.33 bits per heavy atom.